The fraction of sp³-hybridized carbons (Fsp3) is 0.737. The number of nitrogen functional groups attached to an aromatic ring is 1. The number of ether oxygens (including phenoxy) is 2. The predicted octanol–water partition coefficient (Wildman–Crippen LogP) is 2.76. The number of hydrogen-bond acceptors (Lipinski definition) is 9. The molecule has 0 radical (unpaired) electrons. The van der Waals surface area contributed by atoms with Gasteiger partial charge in [0, 0.05) is 5.41 Å². The zero-order valence-corrected chi connectivity index (χ0v) is 18.5. The molecular weight excluding hydrogens is 409 g/mol. The molecule has 11 heteroatoms. The van der Waals surface area contributed by atoms with Crippen LogP contribution in [0, 0.1) is 11.3 Å². The van der Waals surface area contributed by atoms with Crippen molar-refractivity contribution >= 4 is 24.6 Å². The van der Waals surface area contributed by atoms with Crippen LogP contribution in [0.3, 0.4) is 0 Å². The summed E-state index contributed by atoms with van der Waals surface area (Å²) in [4.78, 5) is 12.9. The summed E-state index contributed by atoms with van der Waals surface area (Å²) in [7, 11) is -3.25. The molecule has 30 heavy (non-hydrogen) atoms. The quantitative estimate of drug-likeness (QED) is 0.651. The molecule has 0 aromatic carbocycles. The fourth-order valence-corrected chi connectivity index (χ4v) is 7.75. The number of anilines is 1. The molecule has 2 N–H and O–H groups in total. The summed E-state index contributed by atoms with van der Waals surface area (Å²) in [6.07, 6.45) is 3.91. The topological polar surface area (TPSA) is 124 Å². The zero-order valence-electron chi connectivity index (χ0n) is 17.6. The maximum Gasteiger partial charge on any atom is 0.331 e. The Kier molecular flexibility index (Phi) is 4.55. The first-order chi connectivity index (χ1) is 14.2. The lowest BCUT2D eigenvalue weighted by Gasteiger charge is -2.27. The lowest BCUT2D eigenvalue weighted by atomic mass is 10.0. The van der Waals surface area contributed by atoms with Crippen molar-refractivity contribution in [3.05, 3.63) is 12.7 Å². The summed E-state index contributed by atoms with van der Waals surface area (Å²) in [6.45, 7) is 8.14. The Hall–Kier alpha value is -1.58. The number of nitrogens with two attached hydrogens (primary N) is 1. The summed E-state index contributed by atoms with van der Waals surface area (Å²) < 4.78 is 39.3. The van der Waals surface area contributed by atoms with Gasteiger partial charge in [-0.25, -0.2) is 15.0 Å². The molecule has 1 aliphatic heterocycles. The van der Waals surface area contributed by atoms with Crippen molar-refractivity contribution in [2.24, 2.45) is 11.3 Å². The minimum atomic E-state index is -3.25. The van der Waals surface area contributed by atoms with E-state index in [4.69, 9.17) is 24.3 Å². The van der Waals surface area contributed by atoms with Gasteiger partial charge in [-0.3, -0.25) is 4.57 Å². The highest BCUT2D eigenvalue weighted by Gasteiger charge is 2.77. The SMILES string of the molecule is CCOP(=O)(C[C@@]12C[C@@H]1[C@@H](n1cnc3c(N)ncnc31)[C@@H]1OC(C)(C)O[C@@H]12)OCC. The maximum absolute atomic E-state index is 13.4. The molecule has 2 aromatic heterocycles. The van der Waals surface area contributed by atoms with Crippen LogP contribution >= 0.6 is 7.60 Å². The lowest BCUT2D eigenvalue weighted by molar-refractivity contribution is -0.160. The summed E-state index contributed by atoms with van der Waals surface area (Å²) >= 11 is 0. The Labute approximate surface area is 175 Å². The van der Waals surface area contributed by atoms with Crippen LogP contribution in [-0.2, 0) is 23.1 Å². The van der Waals surface area contributed by atoms with Crippen LogP contribution in [-0.4, -0.2) is 56.9 Å². The van der Waals surface area contributed by atoms with Gasteiger partial charge in [0.15, 0.2) is 17.3 Å². The second-order valence-electron chi connectivity index (χ2n) is 8.74. The van der Waals surface area contributed by atoms with Crippen molar-refractivity contribution in [3.8, 4) is 0 Å². The molecule has 10 nitrogen and oxygen atoms in total. The Morgan fingerprint density at radius 2 is 1.97 bits per heavy atom. The van der Waals surface area contributed by atoms with Crippen LogP contribution in [0.2, 0.25) is 0 Å². The molecule has 164 valence electrons. The molecule has 0 bridgehead atoms. The van der Waals surface area contributed by atoms with Crippen molar-refractivity contribution < 1.29 is 23.1 Å². The number of imidazole rings is 1. The molecule has 3 aliphatic rings. The van der Waals surface area contributed by atoms with Gasteiger partial charge in [0.1, 0.15) is 17.9 Å². The van der Waals surface area contributed by atoms with Crippen molar-refractivity contribution in [3.63, 3.8) is 0 Å². The van der Waals surface area contributed by atoms with Gasteiger partial charge in [-0.05, 0) is 40.0 Å². The smallest absolute Gasteiger partial charge is 0.331 e. The van der Waals surface area contributed by atoms with Crippen molar-refractivity contribution in [1.29, 1.82) is 0 Å². The van der Waals surface area contributed by atoms with Gasteiger partial charge in [0.25, 0.3) is 0 Å². The van der Waals surface area contributed by atoms with E-state index in [-0.39, 0.29) is 29.6 Å². The Balaban J connectivity index is 1.55. The molecular formula is C19H28N5O5P. The minimum Gasteiger partial charge on any atom is -0.382 e. The molecule has 1 saturated heterocycles. The minimum absolute atomic E-state index is 0.0622. The summed E-state index contributed by atoms with van der Waals surface area (Å²) in [6, 6.07) is -0.0622. The van der Waals surface area contributed by atoms with Crippen LogP contribution in [0.5, 0.6) is 0 Å². The van der Waals surface area contributed by atoms with Gasteiger partial charge in [0.05, 0.1) is 37.8 Å². The highest BCUT2D eigenvalue weighted by molar-refractivity contribution is 7.53. The molecule has 2 aliphatic carbocycles. The molecule has 2 saturated carbocycles. The van der Waals surface area contributed by atoms with Crippen molar-refractivity contribution in [2.45, 2.75) is 58.2 Å². The van der Waals surface area contributed by atoms with E-state index in [0.717, 1.165) is 6.42 Å². The fourth-order valence-electron chi connectivity index (χ4n) is 5.45. The number of nitrogens with zero attached hydrogens (tertiary/aromatic N) is 4. The van der Waals surface area contributed by atoms with E-state index in [2.05, 4.69) is 15.0 Å². The first kappa shape index (κ1) is 20.3. The second kappa shape index (κ2) is 6.71. The lowest BCUT2D eigenvalue weighted by Crippen LogP contribution is -2.33. The van der Waals surface area contributed by atoms with E-state index in [1.165, 1.54) is 6.33 Å². The van der Waals surface area contributed by atoms with Crippen LogP contribution in [0.15, 0.2) is 12.7 Å². The van der Waals surface area contributed by atoms with E-state index in [1.807, 2.05) is 32.3 Å². The number of fused-ring (bicyclic) bond motifs is 4. The molecule has 0 unspecified atom stereocenters. The third-order valence-electron chi connectivity index (χ3n) is 6.47. The molecule has 3 fully saturated rings. The van der Waals surface area contributed by atoms with Crippen LogP contribution in [0.25, 0.3) is 11.2 Å². The molecule has 5 rings (SSSR count). The number of aromatic nitrogens is 4. The average molecular weight is 437 g/mol. The van der Waals surface area contributed by atoms with Gasteiger partial charge < -0.3 is 28.8 Å². The molecule has 0 spiro atoms. The van der Waals surface area contributed by atoms with Gasteiger partial charge in [-0.2, -0.15) is 0 Å². The first-order valence-electron chi connectivity index (χ1n) is 10.4. The Morgan fingerprint density at radius 3 is 2.67 bits per heavy atom. The molecule has 5 atom stereocenters. The largest absolute Gasteiger partial charge is 0.382 e. The third kappa shape index (κ3) is 2.92. The summed E-state index contributed by atoms with van der Waals surface area (Å²) in [5, 5.41) is 0. The van der Waals surface area contributed by atoms with Crippen LogP contribution < -0.4 is 5.73 Å². The monoisotopic (exact) mass is 437 g/mol. The van der Waals surface area contributed by atoms with E-state index >= 15 is 0 Å². The van der Waals surface area contributed by atoms with Crippen LogP contribution in [0.1, 0.15) is 40.2 Å². The zero-order chi connectivity index (χ0) is 21.3. The maximum atomic E-state index is 13.4. The highest BCUT2D eigenvalue weighted by Crippen LogP contribution is 2.75. The standard InChI is InChI=1S/C19H28N5O5P/c1-5-26-30(25,27-6-2)8-19-7-11(19)13(14-15(19)29-18(3,4)28-14)24-10-23-12-16(20)21-9-22-17(12)24/h9-11,13-15H,5-8H2,1-4H3,(H2,20,21,22)/t11-,13-,14+,15+,19+/m1/s1. The van der Waals surface area contributed by atoms with Crippen molar-refractivity contribution in [2.75, 3.05) is 25.1 Å². The van der Waals surface area contributed by atoms with E-state index < -0.39 is 13.4 Å². The summed E-state index contributed by atoms with van der Waals surface area (Å²) in [5.74, 6) is -0.206. The number of hydrogen-bond donors (Lipinski definition) is 1. The number of rotatable bonds is 7. The van der Waals surface area contributed by atoms with E-state index in [1.54, 1.807) is 6.33 Å². The molecule has 3 heterocycles. The normalized spacial score (nSPS) is 34.3. The predicted molar refractivity (Wildman–Crippen MR) is 109 cm³/mol. The average Bonchev–Trinajstić information content (AvgIpc) is 2.94. The first-order valence-corrected chi connectivity index (χ1v) is 12.1. The molecule has 0 amide bonds. The van der Waals surface area contributed by atoms with Crippen molar-refractivity contribution in [1.82, 2.24) is 19.5 Å². The van der Waals surface area contributed by atoms with E-state index in [0.29, 0.717) is 36.4 Å². The van der Waals surface area contributed by atoms with E-state index in [9.17, 15) is 4.57 Å². The third-order valence-corrected chi connectivity index (χ3v) is 8.75. The Bertz CT molecular complexity index is 1020. The van der Waals surface area contributed by atoms with Crippen LogP contribution in [0.4, 0.5) is 5.82 Å². The summed E-state index contributed by atoms with van der Waals surface area (Å²) in [5.41, 5.74) is 6.89. The van der Waals surface area contributed by atoms with Gasteiger partial charge in [-0.1, -0.05) is 0 Å². The Morgan fingerprint density at radius 1 is 1.23 bits per heavy atom. The van der Waals surface area contributed by atoms with Gasteiger partial charge >= 0.3 is 7.60 Å². The van der Waals surface area contributed by atoms with Gasteiger partial charge in [-0.15, -0.1) is 0 Å². The molecule has 2 aromatic rings. The van der Waals surface area contributed by atoms with Gasteiger partial charge in [0.2, 0.25) is 0 Å². The second-order valence-corrected chi connectivity index (χ2v) is 10.8. The highest BCUT2D eigenvalue weighted by atomic mass is 31.2.